The number of piperidine rings is 1. The summed E-state index contributed by atoms with van der Waals surface area (Å²) in [6, 6.07) is 3.91. The van der Waals surface area contributed by atoms with Gasteiger partial charge in [-0.3, -0.25) is 4.98 Å². The molecule has 3 heterocycles. The summed E-state index contributed by atoms with van der Waals surface area (Å²) < 4.78 is 0. The second kappa shape index (κ2) is 3.29. The van der Waals surface area contributed by atoms with Crippen LogP contribution in [0.25, 0.3) is 0 Å². The monoisotopic (exact) mass is 204 g/mol. The molecule has 3 unspecified atom stereocenters. The van der Waals surface area contributed by atoms with Crippen molar-refractivity contribution < 1.29 is 5.11 Å². The number of aliphatic hydroxyl groups is 1. The second-order valence-corrected chi connectivity index (χ2v) is 4.70. The fourth-order valence-corrected chi connectivity index (χ4v) is 2.96. The lowest BCUT2D eigenvalue weighted by molar-refractivity contribution is -0.0504. The van der Waals surface area contributed by atoms with Gasteiger partial charge in [-0.15, -0.1) is 0 Å². The summed E-state index contributed by atoms with van der Waals surface area (Å²) in [6.45, 7) is 3.21. The van der Waals surface area contributed by atoms with Gasteiger partial charge in [-0.2, -0.15) is 0 Å². The van der Waals surface area contributed by atoms with Gasteiger partial charge in [0.1, 0.15) is 0 Å². The van der Waals surface area contributed by atoms with Gasteiger partial charge in [-0.05, 0) is 25.5 Å². The van der Waals surface area contributed by atoms with Crippen LogP contribution < -0.4 is 0 Å². The lowest BCUT2D eigenvalue weighted by Crippen LogP contribution is -2.44. The van der Waals surface area contributed by atoms with E-state index in [0.717, 1.165) is 38.0 Å². The molecule has 1 aromatic rings. The third-order valence-corrected chi connectivity index (χ3v) is 3.92. The number of nitrogens with zero attached hydrogens (tertiary/aromatic N) is 2. The molecule has 80 valence electrons. The van der Waals surface area contributed by atoms with Gasteiger partial charge in [0, 0.05) is 37.0 Å². The van der Waals surface area contributed by atoms with Crippen molar-refractivity contribution >= 4 is 0 Å². The van der Waals surface area contributed by atoms with E-state index in [2.05, 4.69) is 9.88 Å². The van der Waals surface area contributed by atoms with E-state index < -0.39 is 5.60 Å². The van der Waals surface area contributed by atoms with E-state index in [0.29, 0.717) is 5.92 Å². The average Bonchev–Trinajstić information content (AvgIpc) is 2.71. The first kappa shape index (κ1) is 9.31. The first-order chi connectivity index (χ1) is 7.29. The van der Waals surface area contributed by atoms with Gasteiger partial charge in [0.25, 0.3) is 0 Å². The Hall–Kier alpha value is -0.930. The van der Waals surface area contributed by atoms with E-state index in [1.165, 1.54) is 0 Å². The summed E-state index contributed by atoms with van der Waals surface area (Å²) in [4.78, 5) is 6.55. The van der Waals surface area contributed by atoms with Gasteiger partial charge in [0.05, 0.1) is 5.60 Å². The molecule has 3 rings (SSSR count). The van der Waals surface area contributed by atoms with Crippen molar-refractivity contribution in [2.75, 3.05) is 19.6 Å². The molecule has 0 aromatic carbocycles. The summed E-state index contributed by atoms with van der Waals surface area (Å²) in [7, 11) is 0. The van der Waals surface area contributed by atoms with Gasteiger partial charge in [0.2, 0.25) is 0 Å². The van der Waals surface area contributed by atoms with E-state index in [1.54, 1.807) is 6.20 Å². The molecular weight excluding hydrogens is 188 g/mol. The zero-order valence-electron chi connectivity index (χ0n) is 8.76. The van der Waals surface area contributed by atoms with E-state index in [-0.39, 0.29) is 0 Å². The Morgan fingerprint density at radius 3 is 3.20 bits per heavy atom. The molecular formula is C12H16N2O. The Balaban J connectivity index is 1.96. The maximum Gasteiger partial charge on any atom is 0.0964 e. The van der Waals surface area contributed by atoms with Crippen molar-refractivity contribution in [2.24, 2.45) is 5.92 Å². The third kappa shape index (κ3) is 1.38. The highest BCUT2D eigenvalue weighted by Crippen LogP contribution is 2.42. The first-order valence-corrected chi connectivity index (χ1v) is 5.64. The average molecular weight is 204 g/mol. The highest BCUT2D eigenvalue weighted by molar-refractivity contribution is 5.21. The van der Waals surface area contributed by atoms with Crippen LogP contribution in [-0.4, -0.2) is 34.6 Å². The smallest absolute Gasteiger partial charge is 0.0964 e. The van der Waals surface area contributed by atoms with Crippen molar-refractivity contribution in [3.63, 3.8) is 0 Å². The van der Waals surface area contributed by atoms with Crippen molar-refractivity contribution in [3.05, 3.63) is 30.1 Å². The lowest BCUT2D eigenvalue weighted by Gasteiger charge is -2.38. The molecule has 2 aliphatic heterocycles. The molecule has 2 saturated heterocycles. The molecule has 0 saturated carbocycles. The van der Waals surface area contributed by atoms with Crippen LogP contribution >= 0.6 is 0 Å². The first-order valence-electron chi connectivity index (χ1n) is 5.64. The van der Waals surface area contributed by atoms with Crippen LogP contribution in [0.5, 0.6) is 0 Å². The van der Waals surface area contributed by atoms with Crippen molar-refractivity contribution in [2.45, 2.75) is 18.4 Å². The SMILES string of the molecule is OC1(c2cccnc2)CCN2CCC1C2. The van der Waals surface area contributed by atoms with Crippen LogP contribution in [-0.2, 0) is 5.60 Å². The van der Waals surface area contributed by atoms with Crippen LogP contribution in [0.4, 0.5) is 0 Å². The molecule has 1 N–H and O–H groups in total. The molecule has 2 fully saturated rings. The van der Waals surface area contributed by atoms with E-state index in [4.69, 9.17) is 0 Å². The van der Waals surface area contributed by atoms with Gasteiger partial charge in [0.15, 0.2) is 0 Å². The van der Waals surface area contributed by atoms with Crippen molar-refractivity contribution in [3.8, 4) is 0 Å². The molecule has 3 heteroatoms. The van der Waals surface area contributed by atoms with Crippen molar-refractivity contribution in [1.29, 1.82) is 0 Å². The maximum atomic E-state index is 10.8. The number of hydrogen-bond acceptors (Lipinski definition) is 3. The van der Waals surface area contributed by atoms with Gasteiger partial charge in [-0.1, -0.05) is 6.07 Å². The Kier molecular flexibility index (Phi) is 2.04. The standard InChI is InChI=1S/C12H16N2O/c15-12(10-2-1-5-13-8-10)4-7-14-6-3-11(12)9-14/h1-2,5,8,11,15H,3-4,6-7,9H2. The summed E-state index contributed by atoms with van der Waals surface area (Å²) in [5, 5.41) is 10.8. The number of fused-ring (bicyclic) bond motifs is 2. The number of aromatic nitrogens is 1. The largest absolute Gasteiger partial charge is 0.385 e. The lowest BCUT2D eigenvalue weighted by atomic mass is 9.77. The maximum absolute atomic E-state index is 10.8. The minimum absolute atomic E-state index is 0.399. The predicted octanol–water partition coefficient (Wildman–Crippen LogP) is 0.995. The number of hydrogen-bond donors (Lipinski definition) is 1. The van der Waals surface area contributed by atoms with Crippen LogP contribution in [0.3, 0.4) is 0 Å². The fourth-order valence-electron chi connectivity index (χ4n) is 2.96. The summed E-state index contributed by atoms with van der Waals surface area (Å²) in [5.41, 5.74) is 0.373. The molecule has 3 nitrogen and oxygen atoms in total. The molecule has 1 aromatic heterocycles. The van der Waals surface area contributed by atoms with E-state index >= 15 is 0 Å². The summed E-state index contributed by atoms with van der Waals surface area (Å²) in [5.74, 6) is 0.399. The quantitative estimate of drug-likeness (QED) is 0.741. The molecule has 0 amide bonds. The zero-order chi connectivity index (χ0) is 10.3. The minimum atomic E-state index is -0.624. The Morgan fingerprint density at radius 1 is 1.47 bits per heavy atom. The van der Waals surface area contributed by atoms with Gasteiger partial charge < -0.3 is 10.0 Å². The Morgan fingerprint density at radius 2 is 2.40 bits per heavy atom. The number of pyridine rings is 1. The third-order valence-electron chi connectivity index (χ3n) is 3.92. The molecule has 3 atom stereocenters. The Labute approximate surface area is 89.7 Å². The normalized spacial score (nSPS) is 39.3. The molecule has 2 bridgehead atoms. The molecule has 0 radical (unpaired) electrons. The second-order valence-electron chi connectivity index (χ2n) is 4.70. The zero-order valence-corrected chi connectivity index (χ0v) is 8.76. The molecule has 2 aliphatic rings. The van der Waals surface area contributed by atoms with E-state index in [9.17, 15) is 5.11 Å². The summed E-state index contributed by atoms with van der Waals surface area (Å²) >= 11 is 0. The molecule has 0 spiro atoms. The summed E-state index contributed by atoms with van der Waals surface area (Å²) in [6.07, 6.45) is 5.54. The predicted molar refractivity (Wildman–Crippen MR) is 57.3 cm³/mol. The molecule has 0 aliphatic carbocycles. The topological polar surface area (TPSA) is 36.4 Å². The highest BCUT2D eigenvalue weighted by Gasteiger charge is 2.45. The minimum Gasteiger partial charge on any atom is -0.385 e. The van der Waals surface area contributed by atoms with Crippen LogP contribution in [0.2, 0.25) is 0 Å². The van der Waals surface area contributed by atoms with Crippen LogP contribution in [0.1, 0.15) is 18.4 Å². The van der Waals surface area contributed by atoms with Gasteiger partial charge in [-0.25, -0.2) is 0 Å². The molecule has 15 heavy (non-hydrogen) atoms. The van der Waals surface area contributed by atoms with Gasteiger partial charge >= 0.3 is 0 Å². The Bertz CT molecular complexity index is 354. The van der Waals surface area contributed by atoms with Crippen LogP contribution in [0.15, 0.2) is 24.5 Å². The highest BCUT2D eigenvalue weighted by atomic mass is 16.3. The van der Waals surface area contributed by atoms with Crippen molar-refractivity contribution in [1.82, 2.24) is 9.88 Å². The van der Waals surface area contributed by atoms with Crippen LogP contribution in [0, 0.1) is 5.92 Å². The number of rotatable bonds is 1. The van der Waals surface area contributed by atoms with E-state index in [1.807, 2.05) is 18.3 Å². The fraction of sp³-hybridized carbons (Fsp3) is 0.583.